The van der Waals surface area contributed by atoms with Gasteiger partial charge >= 0.3 is 0 Å². The monoisotopic (exact) mass is 248 g/mol. The molecule has 3 heteroatoms. The van der Waals surface area contributed by atoms with E-state index in [-0.39, 0.29) is 0 Å². The number of nitrogens with one attached hydrogen (secondary N) is 1. The topological polar surface area (TPSA) is 35.5 Å². The number of benzene rings is 1. The van der Waals surface area contributed by atoms with Crippen LogP contribution in [0.15, 0.2) is 24.3 Å². The predicted octanol–water partition coefficient (Wildman–Crippen LogP) is 2.36. The van der Waals surface area contributed by atoms with Crippen LogP contribution in [0.25, 0.3) is 0 Å². The molecule has 0 radical (unpaired) electrons. The summed E-state index contributed by atoms with van der Waals surface area (Å²) in [7, 11) is 4.38. The Labute approximate surface area is 110 Å². The van der Waals surface area contributed by atoms with Gasteiger partial charge in [0.05, 0.1) is 0 Å². The molecule has 3 nitrogen and oxygen atoms in total. The quantitative estimate of drug-likeness (QED) is 0.839. The van der Waals surface area contributed by atoms with Crippen molar-refractivity contribution in [3.05, 3.63) is 29.8 Å². The number of hydrogen-bond acceptors (Lipinski definition) is 3. The van der Waals surface area contributed by atoms with Crippen LogP contribution < -0.4 is 5.32 Å². The highest BCUT2D eigenvalue weighted by molar-refractivity contribution is 5.25. The van der Waals surface area contributed by atoms with E-state index in [1.54, 1.807) is 12.1 Å². The predicted molar refractivity (Wildman–Crippen MR) is 74.7 cm³/mol. The van der Waals surface area contributed by atoms with Crippen LogP contribution in [0.1, 0.15) is 31.2 Å². The summed E-state index contributed by atoms with van der Waals surface area (Å²) in [6.07, 6.45) is 5.28. The Hall–Kier alpha value is -1.06. The molecular formula is C15H24N2O. The lowest BCUT2D eigenvalue weighted by Crippen LogP contribution is -2.49. The first-order chi connectivity index (χ1) is 8.62. The van der Waals surface area contributed by atoms with Crippen molar-refractivity contribution in [2.24, 2.45) is 0 Å². The van der Waals surface area contributed by atoms with Crippen molar-refractivity contribution < 1.29 is 5.11 Å². The second-order valence-electron chi connectivity index (χ2n) is 5.60. The van der Waals surface area contributed by atoms with E-state index in [2.05, 4.69) is 24.3 Å². The Balaban J connectivity index is 1.85. The van der Waals surface area contributed by atoms with Gasteiger partial charge in [0.1, 0.15) is 5.75 Å². The normalized spacial score (nSPS) is 18.4. The van der Waals surface area contributed by atoms with E-state index in [0.717, 1.165) is 13.1 Å². The van der Waals surface area contributed by atoms with Crippen molar-refractivity contribution in [1.82, 2.24) is 10.2 Å². The summed E-state index contributed by atoms with van der Waals surface area (Å²) in [5.74, 6) is 0.333. The Morgan fingerprint density at radius 1 is 1.17 bits per heavy atom. The molecule has 0 heterocycles. The molecule has 1 aromatic carbocycles. The lowest BCUT2D eigenvalue weighted by molar-refractivity contribution is 0.153. The van der Waals surface area contributed by atoms with Crippen molar-refractivity contribution in [2.75, 3.05) is 20.6 Å². The number of hydrogen-bond donors (Lipinski definition) is 2. The maximum atomic E-state index is 9.24. The van der Waals surface area contributed by atoms with E-state index in [4.69, 9.17) is 0 Å². The summed E-state index contributed by atoms with van der Waals surface area (Å²) in [5.41, 5.74) is 1.57. The first-order valence-electron chi connectivity index (χ1n) is 6.78. The summed E-state index contributed by atoms with van der Waals surface area (Å²) in [4.78, 5) is 2.38. The molecule has 0 spiro atoms. The molecule has 0 aliphatic heterocycles. The van der Waals surface area contributed by atoms with Crippen molar-refractivity contribution >= 4 is 0 Å². The summed E-state index contributed by atoms with van der Waals surface area (Å²) < 4.78 is 0. The van der Waals surface area contributed by atoms with Crippen molar-refractivity contribution in [1.29, 1.82) is 0 Å². The van der Waals surface area contributed by atoms with Crippen LogP contribution in [0.2, 0.25) is 0 Å². The van der Waals surface area contributed by atoms with Gasteiger partial charge in [-0.2, -0.15) is 0 Å². The van der Waals surface area contributed by atoms with Crippen LogP contribution in [0.3, 0.4) is 0 Å². The molecule has 1 aliphatic carbocycles. The van der Waals surface area contributed by atoms with Gasteiger partial charge in [-0.1, -0.05) is 25.0 Å². The zero-order valence-electron chi connectivity index (χ0n) is 11.4. The molecule has 0 atom stereocenters. The summed E-state index contributed by atoms with van der Waals surface area (Å²) >= 11 is 0. The molecule has 1 saturated carbocycles. The van der Waals surface area contributed by atoms with Gasteiger partial charge < -0.3 is 15.3 Å². The van der Waals surface area contributed by atoms with Crippen LogP contribution in [0.4, 0.5) is 0 Å². The van der Waals surface area contributed by atoms with E-state index in [9.17, 15) is 5.11 Å². The fraction of sp³-hybridized carbons (Fsp3) is 0.600. The lowest BCUT2D eigenvalue weighted by Gasteiger charge is -2.36. The van der Waals surface area contributed by atoms with E-state index >= 15 is 0 Å². The van der Waals surface area contributed by atoms with Gasteiger partial charge in [-0.3, -0.25) is 0 Å². The minimum Gasteiger partial charge on any atom is -0.508 e. The van der Waals surface area contributed by atoms with Gasteiger partial charge in [0, 0.05) is 18.6 Å². The highest BCUT2D eigenvalue weighted by atomic mass is 16.3. The third-order valence-corrected chi connectivity index (χ3v) is 4.20. The molecule has 0 aromatic heterocycles. The van der Waals surface area contributed by atoms with E-state index in [0.29, 0.717) is 11.3 Å². The SMILES string of the molecule is CN(C)C1(CNCc2ccc(O)cc2)CCCC1. The number of phenols is 1. The number of rotatable bonds is 5. The minimum absolute atomic E-state index is 0.333. The van der Waals surface area contributed by atoms with Gasteiger partial charge in [0.2, 0.25) is 0 Å². The fourth-order valence-electron chi connectivity index (χ4n) is 2.87. The van der Waals surface area contributed by atoms with E-state index in [1.165, 1.54) is 31.2 Å². The summed E-state index contributed by atoms with van der Waals surface area (Å²) in [6.45, 7) is 1.91. The van der Waals surface area contributed by atoms with Gasteiger partial charge in [0.25, 0.3) is 0 Å². The number of aromatic hydroxyl groups is 1. The second-order valence-corrected chi connectivity index (χ2v) is 5.60. The van der Waals surface area contributed by atoms with E-state index < -0.39 is 0 Å². The summed E-state index contributed by atoms with van der Waals surface area (Å²) in [5, 5.41) is 12.8. The fourth-order valence-corrected chi connectivity index (χ4v) is 2.87. The van der Waals surface area contributed by atoms with Crippen LogP contribution in [-0.2, 0) is 6.54 Å². The van der Waals surface area contributed by atoms with Crippen LogP contribution in [0, 0.1) is 0 Å². The minimum atomic E-state index is 0.333. The zero-order chi connectivity index (χ0) is 13.0. The van der Waals surface area contributed by atoms with Gasteiger partial charge in [0.15, 0.2) is 0 Å². The summed E-state index contributed by atoms with van der Waals surface area (Å²) in [6, 6.07) is 7.43. The number of phenolic OH excluding ortho intramolecular Hbond substituents is 1. The maximum absolute atomic E-state index is 9.24. The number of likely N-dealkylation sites (N-methyl/N-ethyl adjacent to an activating group) is 1. The standard InChI is InChI=1S/C15H24N2O/c1-17(2)15(9-3-4-10-15)12-16-11-13-5-7-14(18)8-6-13/h5-8,16,18H,3-4,9-12H2,1-2H3. The average Bonchev–Trinajstić information content (AvgIpc) is 2.82. The van der Waals surface area contributed by atoms with Crippen molar-refractivity contribution in [2.45, 2.75) is 37.8 Å². The molecule has 0 saturated heterocycles. The Bertz CT molecular complexity index is 367. The largest absolute Gasteiger partial charge is 0.508 e. The average molecular weight is 248 g/mol. The van der Waals surface area contributed by atoms with Crippen molar-refractivity contribution in [3.8, 4) is 5.75 Å². The van der Waals surface area contributed by atoms with Crippen molar-refractivity contribution in [3.63, 3.8) is 0 Å². The molecule has 1 aromatic rings. The Kier molecular flexibility index (Phi) is 4.25. The second kappa shape index (κ2) is 5.72. The van der Waals surface area contributed by atoms with Gasteiger partial charge in [-0.05, 0) is 44.6 Å². The first kappa shape index (κ1) is 13.4. The highest BCUT2D eigenvalue weighted by Crippen LogP contribution is 2.33. The third kappa shape index (κ3) is 3.03. The molecule has 0 bridgehead atoms. The van der Waals surface area contributed by atoms with Crippen LogP contribution in [0.5, 0.6) is 5.75 Å². The molecule has 2 rings (SSSR count). The smallest absolute Gasteiger partial charge is 0.115 e. The molecule has 1 aliphatic rings. The number of nitrogens with zero attached hydrogens (tertiary/aromatic N) is 1. The maximum Gasteiger partial charge on any atom is 0.115 e. The molecule has 0 amide bonds. The molecule has 1 fully saturated rings. The molecule has 100 valence electrons. The molecule has 2 N–H and O–H groups in total. The van der Waals surface area contributed by atoms with Gasteiger partial charge in [-0.15, -0.1) is 0 Å². The first-order valence-corrected chi connectivity index (χ1v) is 6.78. The highest BCUT2D eigenvalue weighted by Gasteiger charge is 2.35. The van der Waals surface area contributed by atoms with Crippen LogP contribution in [-0.4, -0.2) is 36.2 Å². The lowest BCUT2D eigenvalue weighted by atomic mass is 9.96. The third-order valence-electron chi connectivity index (χ3n) is 4.20. The molecule has 0 unspecified atom stereocenters. The Morgan fingerprint density at radius 3 is 2.33 bits per heavy atom. The molecular weight excluding hydrogens is 224 g/mol. The van der Waals surface area contributed by atoms with Gasteiger partial charge in [-0.25, -0.2) is 0 Å². The van der Waals surface area contributed by atoms with Crippen LogP contribution >= 0.6 is 0 Å². The molecule has 18 heavy (non-hydrogen) atoms. The zero-order valence-corrected chi connectivity index (χ0v) is 11.4. The van der Waals surface area contributed by atoms with E-state index in [1.807, 2.05) is 12.1 Å². The Morgan fingerprint density at radius 2 is 1.78 bits per heavy atom.